The van der Waals surface area contributed by atoms with E-state index >= 15 is 0 Å². The minimum atomic E-state index is -1.45. The molecule has 1 saturated heterocycles. The number of imidazole rings is 1. The zero-order chi connectivity index (χ0) is 32.5. The number of hydrogen-bond donors (Lipinski definition) is 1. The van der Waals surface area contributed by atoms with Gasteiger partial charge in [-0.05, 0) is 87.2 Å². The second-order valence-electron chi connectivity index (χ2n) is 13.4. The molecular weight excluding hydrogens is 606 g/mol. The number of fused-ring (bicyclic) bond motifs is 2. The Morgan fingerprint density at radius 3 is 2.53 bits per heavy atom. The van der Waals surface area contributed by atoms with Gasteiger partial charge in [0.05, 0.1) is 23.8 Å². The normalized spacial score (nSPS) is 18.6. The molecule has 1 aliphatic heterocycles. The first-order chi connectivity index (χ1) is 21.3. The van der Waals surface area contributed by atoms with Gasteiger partial charge in [-0.2, -0.15) is 0 Å². The fourth-order valence-corrected chi connectivity index (χ4v) is 6.77. The lowest BCUT2D eigenvalue weighted by Crippen LogP contribution is -2.51. The molecule has 1 fully saturated rings. The van der Waals surface area contributed by atoms with Crippen LogP contribution in [0.5, 0.6) is 0 Å². The summed E-state index contributed by atoms with van der Waals surface area (Å²) in [6.07, 6.45) is 5.27. The van der Waals surface area contributed by atoms with Crippen molar-refractivity contribution in [3.63, 3.8) is 0 Å². The summed E-state index contributed by atoms with van der Waals surface area (Å²) in [5.74, 6) is 0. The minimum absolute atomic E-state index is 0.214. The molecule has 0 spiro atoms. The smallest absolute Gasteiger partial charge is 0.410 e. The van der Waals surface area contributed by atoms with Crippen LogP contribution in [0.2, 0.25) is 24.2 Å². The highest BCUT2D eigenvalue weighted by Crippen LogP contribution is 2.46. The molecule has 1 aliphatic carbocycles. The Bertz CT molecular complexity index is 1560. The summed E-state index contributed by atoms with van der Waals surface area (Å²) >= 11 is 6.64. The van der Waals surface area contributed by atoms with Crippen molar-refractivity contribution >= 4 is 38.1 Å². The molecule has 1 aromatic carbocycles. The van der Waals surface area contributed by atoms with E-state index in [1.807, 2.05) is 74.9 Å². The summed E-state index contributed by atoms with van der Waals surface area (Å²) in [7, 11) is -0.355. The molecule has 2 aromatic heterocycles. The van der Waals surface area contributed by atoms with Gasteiger partial charge in [-0.25, -0.2) is 9.78 Å². The van der Waals surface area contributed by atoms with Crippen LogP contribution in [0.3, 0.4) is 0 Å². The molecule has 9 nitrogen and oxygen atoms in total. The van der Waals surface area contributed by atoms with Crippen molar-refractivity contribution < 1.29 is 19.4 Å². The first-order valence-electron chi connectivity index (χ1n) is 15.6. The van der Waals surface area contributed by atoms with Crippen LogP contribution in [-0.2, 0) is 21.8 Å². The highest BCUT2D eigenvalue weighted by molar-refractivity contribution is 6.55. The van der Waals surface area contributed by atoms with E-state index in [1.165, 1.54) is 0 Å². The maximum Gasteiger partial charge on any atom is 0.410 e. The van der Waals surface area contributed by atoms with Crippen LogP contribution in [0.4, 0.5) is 4.79 Å². The second-order valence-corrected chi connectivity index (χ2v) is 16.7. The van der Waals surface area contributed by atoms with Crippen LogP contribution in [0, 0.1) is 6.92 Å². The van der Waals surface area contributed by atoms with Crippen LogP contribution < -0.4 is 0 Å². The highest BCUT2D eigenvalue weighted by Gasteiger charge is 2.40. The average molecular weight is 651 g/mol. The van der Waals surface area contributed by atoms with Crippen LogP contribution in [0.1, 0.15) is 67.5 Å². The number of benzene rings is 1. The number of nitrogens with zero attached hydrogens (tertiary/aromatic N) is 5. The van der Waals surface area contributed by atoms with Crippen molar-refractivity contribution in [2.24, 2.45) is 0 Å². The molecule has 45 heavy (non-hydrogen) atoms. The van der Waals surface area contributed by atoms with Gasteiger partial charge in [0, 0.05) is 58.5 Å². The van der Waals surface area contributed by atoms with Crippen molar-refractivity contribution in [2.45, 2.75) is 77.7 Å². The third kappa shape index (κ3) is 7.36. The van der Waals surface area contributed by atoms with E-state index in [-0.39, 0.29) is 20.9 Å². The van der Waals surface area contributed by atoms with Crippen molar-refractivity contribution in [3.05, 3.63) is 81.7 Å². The molecule has 1 radical (unpaired) electrons. The Balaban J connectivity index is 1.50. The number of aliphatic hydroxyl groups is 1. The first-order valence-corrected chi connectivity index (χ1v) is 18.6. The lowest BCUT2D eigenvalue weighted by Gasteiger charge is -2.40. The zero-order valence-corrected chi connectivity index (χ0v) is 29.2. The van der Waals surface area contributed by atoms with Crippen molar-refractivity contribution in [1.82, 2.24) is 24.3 Å². The van der Waals surface area contributed by atoms with Gasteiger partial charge < -0.3 is 24.0 Å². The molecule has 2 aliphatic rings. The fraction of sp³-hybridized carbons (Fsp3) is 0.500. The third-order valence-electron chi connectivity index (χ3n) is 8.42. The number of pyridine rings is 1. The molecule has 241 valence electrons. The standard InChI is InChI=1S/C34H45ClN5O4Si/c1-23-31(37-21-40(23)22-43-17-18-45(6)7)34(5,42)28-19-24-9-8-12-36-29(24)30(26-11-10-25(35)20-27(26)28)38-13-15-39(16-14-38)32(41)44-33(2,3)4/h8-12,19-21,30,42H,13-18,22H2,1-7H3/t30-,34?/m0/s1. The number of piperazine rings is 1. The van der Waals surface area contributed by atoms with Crippen LogP contribution >= 0.6 is 11.6 Å². The number of aromatic nitrogens is 3. The van der Waals surface area contributed by atoms with E-state index in [2.05, 4.69) is 18.0 Å². The van der Waals surface area contributed by atoms with Crippen LogP contribution in [-0.4, -0.2) is 82.7 Å². The van der Waals surface area contributed by atoms with Gasteiger partial charge in [0.1, 0.15) is 17.9 Å². The number of hydrogen-bond acceptors (Lipinski definition) is 7. The van der Waals surface area contributed by atoms with Gasteiger partial charge in [-0.15, -0.1) is 0 Å². The number of rotatable bonds is 8. The Labute approximate surface area is 273 Å². The Morgan fingerprint density at radius 1 is 1.11 bits per heavy atom. The predicted octanol–water partition coefficient (Wildman–Crippen LogP) is 6.37. The predicted molar refractivity (Wildman–Crippen MR) is 180 cm³/mol. The lowest BCUT2D eigenvalue weighted by molar-refractivity contribution is 0.0117. The SMILES string of the molecule is Cc1c(C(C)(O)C2=Cc3cccnc3[C@@H](N3CCN(C(=O)OC(C)(C)C)CC3)c3ccc(Cl)cc32)ncn1COCC[Si](C)C. The quantitative estimate of drug-likeness (QED) is 0.224. The molecule has 0 bridgehead atoms. The molecule has 3 heterocycles. The highest BCUT2D eigenvalue weighted by atomic mass is 35.5. The van der Waals surface area contributed by atoms with Gasteiger partial charge in [-0.1, -0.05) is 36.8 Å². The Hall–Kier alpha value is -3.02. The van der Waals surface area contributed by atoms with Crippen LogP contribution in [0.25, 0.3) is 11.6 Å². The number of halogens is 1. The Kier molecular flexibility index (Phi) is 9.91. The molecule has 3 aromatic rings. The minimum Gasteiger partial charge on any atom is -0.444 e. The largest absolute Gasteiger partial charge is 0.444 e. The molecule has 11 heteroatoms. The summed E-state index contributed by atoms with van der Waals surface area (Å²) in [6, 6.07) is 10.7. The van der Waals surface area contributed by atoms with E-state index in [9.17, 15) is 9.90 Å². The average Bonchev–Trinajstić information content (AvgIpc) is 3.28. The van der Waals surface area contributed by atoms with Gasteiger partial charge >= 0.3 is 6.09 Å². The van der Waals surface area contributed by atoms with Crippen molar-refractivity contribution in [3.8, 4) is 0 Å². The summed E-state index contributed by atoms with van der Waals surface area (Å²) in [4.78, 5) is 26.5. The third-order valence-corrected chi connectivity index (χ3v) is 9.86. The first kappa shape index (κ1) is 33.3. The molecule has 2 atom stereocenters. The van der Waals surface area contributed by atoms with E-state index < -0.39 is 11.2 Å². The lowest BCUT2D eigenvalue weighted by atomic mass is 9.83. The maximum absolute atomic E-state index is 12.8. The van der Waals surface area contributed by atoms with Gasteiger partial charge in [-0.3, -0.25) is 9.88 Å². The van der Waals surface area contributed by atoms with E-state index in [0.29, 0.717) is 55.8 Å². The molecule has 1 amide bonds. The second kappa shape index (κ2) is 13.4. The molecule has 1 N–H and O–H groups in total. The van der Waals surface area contributed by atoms with Crippen molar-refractivity contribution in [1.29, 1.82) is 0 Å². The van der Waals surface area contributed by atoms with Gasteiger partial charge in [0.15, 0.2) is 0 Å². The topological polar surface area (TPSA) is 93.0 Å². The molecular formula is C34H45ClN5O4Si. The van der Waals surface area contributed by atoms with E-state index in [1.54, 1.807) is 18.2 Å². The molecule has 5 rings (SSSR count). The zero-order valence-electron chi connectivity index (χ0n) is 27.4. The summed E-state index contributed by atoms with van der Waals surface area (Å²) in [5.41, 5.74) is 3.74. The maximum atomic E-state index is 12.8. The van der Waals surface area contributed by atoms with Gasteiger partial charge in [0.25, 0.3) is 0 Å². The van der Waals surface area contributed by atoms with Gasteiger partial charge in [0.2, 0.25) is 0 Å². The number of carbonyl (C=O) groups excluding carboxylic acids is 1. The number of carbonyl (C=O) groups is 1. The summed E-state index contributed by atoms with van der Waals surface area (Å²) in [6.45, 7) is 17.4. The molecule has 1 unspecified atom stereocenters. The monoisotopic (exact) mass is 650 g/mol. The molecule has 0 saturated carbocycles. The Morgan fingerprint density at radius 2 is 1.84 bits per heavy atom. The van der Waals surface area contributed by atoms with Crippen LogP contribution in [0.15, 0.2) is 42.9 Å². The summed E-state index contributed by atoms with van der Waals surface area (Å²) < 4.78 is 13.5. The van der Waals surface area contributed by atoms with E-state index in [0.717, 1.165) is 34.1 Å². The summed E-state index contributed by atoms with van der Waals surface area (Å²) in [5, 5.41) is 13.0. The van der Waals surface area contributed by atoms with E-state index in [4.69, 9.17) is 31.0 Å². The fourth-order valence-electron chi connectivity index (χ4n) is 6.04. The number of amides is 1. The van der Waals surface area contributed by atoms with Crippen molar-refractivity contribution in [2.75, 3.05) is 32.8 Å². The number of ether oxygens (including phenoxy) is 2.